The van der Waals surface area contributed by atoms with Crippen molar-refractivity contribution in [3.63, 3.8) is 0 Å². The molecule has 0 saturated carbocycles. The molecular formula is C22H25N3O4S. The molecule has 0 spiro atoms. The van der Waals surface area contributed by atoms with Crippen molar-refractivity contribution in [2.75, 3.05) is 13.2 Å². The lowest BCUT2D eigenvalue weighted by molar-refractivity contribution is -0.123. The molecule has 0 fully saturated rings. The van der Waals surface area contributed by atoms with E-state index in [1.165, 1.54) is 6.08 Å². The Labute approximate surface area is 181 Å². The number of rotatable bonds is 7. The van der Waals surface area contributed by atoms with Crippen LogP contribution in [0.4, 0.5) is 0 Å². The van der Waals surface area contributed by atoms with Crippen LogP contribution in [0.2, 0.25) is 0 Å². The smallest absolute Gasteiger partial charge is 0.276 e. The molecule has 0 radical (unpaired) electrons. The molecule has 30 heavy (non-hydrogen) atoms. The third-order valence-corrected chi connectivity index (χ3v) is 3.94. The van der Waals surface area contributed by atoms with Crippen molar-refractivity contribution in [3.05, 3.63) is 65.2 Å². The van der Waals surface area contributed by atoms with E-state index in [-0.39, 0.29) is 11.7 Å². The lowest BCUT2D eigenvalue weighted by atomic mass is 10.1. The molecule has 0 saturated heterocycles. The summed E-state index contributed by atoms with van der Waals surface area (Å²) in [6.07, 6.45) is 2.98. The zero-order valence-corrected chi connectivity index (χ0v) is 18.0. The molecule has 2 rings (SSSR count). The summed E-state index contributed by atoms with van der Waals surface area (Å²) in [4.78, 5) is 23.8. The van der Waals surface area contributed by atoms with E-state index in [1.807, 2.05) is 63.2 Å². The first-order valence-corrected chi connectivity index (χ1v) is 9.78. The van der Waals surface area contributed by atoms with Gasteiger partial charge in [0.1, 0.15) is 11.5 Å². The molecule has 8 heteroatoms. The van der Waals surface area contributed by atoms with Crippen LogP contribution in [0.1, 0.15) is 23.6 Å². The maximum absolute atomic E-state index is 11.9. The van der Waals surface area contributed by atoms with Crippen LogP contribution in [0.25, 0.3) is 6.08 Å². The topological polar surface area (TPSA) is 88.7 Å². The summed E-state index contributed by atoms with van der Waals surface area (Å²) in [5.74, 6) is 0.512. The molecule has 158 valence electrons. The summed E-state index contributed by atoms with van der Waals surface area (Å²) >= 11 is 4.99. The molecule has 0 aliphatic heterocycles. The highest BCUT2D eigenvalue weighted by molar-refractivity contribution is 7.80. The number of aryl methyl sites for hydroxylation is 2. The van der Waals surface area contributed by atoms with Crippen molar-refractivity contribution >= 4 is 35.2 Å². The lowest BCUT2D eigenvalue weighted by Crippen LogP contribution is -2.49. The third kappa shape index (κ3) is 8.32. The van der Waals surface area contributed by atoms with Crippen LogP contribution in [0, 0.1) is 13.8 Å². The largest absolute Gasteiger partial charge is 0.494 e. The van der Waals surface area contributed by atoms with Gasteiger partial charge in [0.25, 0.3) is 5.91 Å². The summed E-state index contributed by atoms with van der Waals surface area (Å²) in [6, 6.07) is 13.0. The number of carbonyl (C=O) groups is 2. The van der Waals surface area contributed by atoms with Crippen LogP contribution in [0.3, 0.4) is 0 Å². The number of ether oxygens (including phenoxy) is 2. The van der Waals surface area contributed by atoms with Crippen LogP contribution in [0.5, 0.6) is 11.5 Å². The van der Waals surface area contributed by atoms with E-state index >= 15 is 0 Å². The Kier molecular flexibility index (Phi) is 8.83. The minimum atomic E-state index is -0.435. The highest BCUT2D eigenvalue weighted by Gasteiger charge is 2.06. The number of hydrogen-bond donors (Lipinski definition) is 3. The average molecular weight is 428 g/mol. The van der Waals surface area contributed by atoms with Gasteiger partial charge in [-0.15, -0.1) is 0 Å². The van der Waals surface area contributed by atoms with Gasteiger partial charge in [-0.3, -0.25) is 25.8 Å². The predicted octanol–water partition coefficient (Wildman–Crippen LogP) is 2.82. The molecule has 2 aromatic rings. The summed E-state index contributed by atoms with van der Waals surface area (Å²) in [6.45, 7) is 6.22. The number of carbonyl (C=O) groups excluding carboxylic acids is 2. The lowest BCUT2D eigenvalue weighted by Gasteiger charge is -2.11. The van der Waals surface area contributed by atoms with E-state index in [0.717, 1.165) is 22.4 Å². The molecule has 0 aliphatic rings. The molecule has 2 amide bonds. The van der Waals surface area contributed by atoms with Gasteiger partial charge < -0.3 is 9.47 Å². The number of thiocarbonyl (C=S) groups is 1. The van der Waals surface area contributed by atoms with Crippen molar-refractivity contribution in [1.82, 2.24) is 16.2 Å². The second-order valence-electron chi connectivity index (χ2n) is 6.44. The Balaban J connectivity index is 1.71. The van der Waals surface area contributed by atoms with Crippen molar-refractivity contribution in [2.45, 2.75) is 20.8 Å². The summed E-state index contributed by atoms with van der Waals surface area (Å²) < 4.78 is 10.8. The molecule has 0 aromatic heterocycles. The first-order valence-electron chi connectivity index (χ1n) is 9.37. The Bertz CT molecular complexity index is 906. The second-order valence-corrected chi connectivity index (χ2v) is 6.85. The summed E-state index contributed by atoms with van der Waals surface area (Å²) in [7, 11) is 0. The zero-order valence-electron chi connectivity index (χ0n) is 17.2. The predicted molar refractivity (Wildman–Crippen MR) is 120 cm³/mol. The van der Waals surface area contributed by atoms with Crippen molar-refractivity contribution < 1.29 is 19.1 Å². The maximum atomic E-state index is 11.9. The normalized spacial score (nSPS) is 10.4. The van der Waals surface area contributed by atoms with Crippen LogP contribution < -0.4 is 25.6 Å². The highest BCUT2D eigenvalue weighted by atomic mass is 32.1. The Morgan fingerprint density at radius 3 is 2.27 bits per heavy atom. The van der Waals surface area contributed by atoms with Crippen molar-refractivity contribution in [1.29, 1.82) is 0 Å². The molecule has 0 aliphatic carbocycles. The fraction of sp³-hybridized carbons (Fsp3) is 0.227. The van der Waals surface area contributed by atoms with Crippen LogP contribution in [-0.2, 0) is 9.59 Å². The fourth-order valence-corrected chi connectivity index (χ4v) is 2.68. The Hall–Kier alpha value is -3.39. The van der Waals surface area contributed by atoms with E-state index in [0.29, 0.717) is 12.4 Å². The van der Waals surface area contributed by atoms with E-state index in [2.05, 4.69) is 16.2 Å². The summed E-state index contributed by atoms with van der Waals surface area (Å²) in [5.41, 5.74) is 7.76. The Morgan fingerprint density at radius 2 is 1.63 bits per heavy atom. The van der Waals surface area contributed by atoms with Gasteiger partial charge in [-0.05, 0) is 80.0 Å². The number of hydrazine groups is 1. The zero-order chi connectivity index (χ0) is 21.9. The summed E-state index contributed by atoms with van der Waals surface area (Å²) in [5, 5.41) is 2.41. The average Bonchev–Trinajstić information content (AvgIpc) is 2.70. The van der Waals surface area contributed by atoms with Gasteiger partial charge in [0.15, 0.2) is 11.7 Å². The van der Waals surface area contributed by atoms with Gasteiger partial charge in [-0.25, -0.2) is 0 Å². The maximum Gasteiger partial charge on any atom is 0.276 e. The van der Waals surface area contributed by atoms with Crippen molar-refractivity contribution in [3.8, 4) is 11.5 Å². The standard InChI is InChI=1S/C22H25N3O4S/c1-4-28-18-8-5-17(6-9-18)7-10-20(26)23-22(30)25-24-21(27)14-29-19-12-15(2)11-16(3)13-19/h5-13H,4,14H2,1-3H3,(H,24,27)(H2,23,25,26,30)/b10-7+. The molecule has 3 N–H and O–H groups in total. The third-order valence-electron chi connectivity index (χ3n) is 3.74. The number of nitrogens with one attached hydrogen (secondary N) is 3. The minimum absolute atomic E-state index is 0.0314. The second kappa shape index (κ2) is 11.6. The van der Waals surface area contributed by atoms with E-state index < -0.39 is 11.8 Å². The molecule has 0 unspecified atom stereocenters. The molecule has 0 heterocycles. The molecule has 2 aromatic carbocycles. The number of amides is 2. The fourth-order valence-electron chi connectivity index (χ4n) is 2.53. The van der Waals surface area contributed by atoms with E-state index in [4.69, 9.17) is 21.7 Å². The number of hydrogen-bond acceptors (Lipinski definition) is 5. The van der Waals surface area contributed by atoms with Gasteiger partial charge in [0.05, 0.1) is 6.61 Å². The molecular weight excluding hydrogens is 402 g/mol. The van der Waals surface area contributed by atoms with Crippen LogP contribution in [0.15, 0.2) is 48.5 Å². The van der Waals surface area contributed by atoms with Crippen LogP contribution in [-0.4, -0.2) is 30.1 Å². The van der Waals surface area contributed by atoms with Gasteiger partial charge in [0, 0.05) is 6.08 Å². The number of benzene rings is 2. The SMILES string of the molecule is CCOc1ccc(/C=C/C(=O)NC(=S)NNC(=O)COc2cc(C)cc(C)c2)cc1. The van der Waals surface area contributed by atoms with E-state index in [1.54, 1.807) is 6.08 Å². The highest BCUT2D eigenvalue weighted by Crippen LogP contribution is 2.16. The van der Waals surface area contributed by atoms with Gasteiger partial charge in [-0.2, -0.15) is 0 Å². The molecule has 0 atom stereocenters. The van der Waals surface area contributed by atoms with E-state index in [9.17, 15) is 9.59 Å². The first-order chi connectivity index (χ1) is 14.4. The van der Waals surface area contributed by atoms with Gasteiger partial charge in [-0.1, -0.05) is 18.2 Å². The molecule has 0 bridgehead atoms. The van der Waals surface area contributed by atoms with Gasteiger partial charge in [0.2, 0.25) is 5.91 Å². The van der Waals surface area contributed by atoms with Gasteiger partial charge >= 0.3 is 0 Å². The quantitative estimate of drug-likeness (QED) is 0.358. The first kappa shape index (κ1) is 22.9. The van der Waals surface area contributed by atoms with Crippen LogP contribution >= 0.6 is 12.2 Å². The monoisotopic (exact) mass is 427 g/mol. The molecule has 7 nitrogen and oxygen atoms in total. The minimum Gasteiger partial charge on any atom is -0.494 e. The Morgan fingerprint density at radius 1 is 0.967 bits per heavy atom. The van der Waals surface area contributed by atoms with Crippen molar-refractivity contribution in [2.24, 2.45) is 0 Å².